The Morgan fingerprint density at radius 3 is 2.59 bits per heavy atom. The summed E-state index contributed by atoms with van der Waals surface area (Å²) in [6.07, 6.45) is -3.05. The second kappa shape index (κ2) is 9.99. The zero-order valence-electron chi connectivity index (χ0n) is 16.1. The third kappa shape index (κ3) is 5.75. The highest BCUT2D eigenvalue weighted by molar-refractivity contribution is 14.1. The largest absolute Gasteiger partial charge is 0.495 e. The average molecular weight is 688 g/mol. The molecular formula is C20H13F3I2N2O4S. The Morgan fingerprint density at radius 2 is 1.94 bits per heavy atom. The molecule has 168 valence electrons. The van der Waals surface area contributed by atoms with Crippen LogP contribution in [0.2, 0.25) is 0 Å². The molecule has 0 radical (unpaired) electrons. The van der Waals surface area contributed by atoms with Crippen molar-refractivity contribution in [3.8, 4) is 5.75 Å². The van der Waals surface area contributed by atoms with Crippen molar-refractivity contribution in [2.75, 3.05) is 19.0 Å². The maximum Gasteiger partial charge on any atom is 0.416 e. The number of nitrogens with one attached hydrogen (secondary N) is 1. The fraction of sp³-hybridized carbons (Fsp3) is 0.150. The van der Waals surface area contributed by atoms with Crippen LogP contribution in [0.5, 0.6) is 5.75 Å². The molecule has 1 saturated heterocycles. The first kappa shape index (κ1) is 24.8. The molecule has 1 aliphatic heterocycles. The van der Waals surface area contributed by atoms with E-state index in [1.165, 1.54) is 19.3 Å². The van der Waals surface area contributed by atoms with E-state index in [9.17, 15) is 27.6 Å². The predicted octanol–water partition coefficient (Wildman–Crippen LogP) is 5.60. The molecule has 0 saturated carbocycles. The van der Waals surface area contributed by atoms with Gasteiger partial charge in [-0.1, -0.05) is 6.07 Å². The van der Waals surface area contributed by atoms with E-state index in [1.807, 2.05) is 6.07 Å². The summed E-state index contributed by atoms with van der Waals surface area (Å²) in [4.78, 5) is 38.2. The monoisotopic (exact) mass is 688 g/mol. The molecule has 0 bridgehead atoms. The van der Waals surface area contributed by atoms with Crippen LogP contribution in [-0.4, -0.2) is 35.6 Å². The molecule has 1 aliphatic rings. The summed E-state index contributed by atoms with van der Waals surface area (Å²) < 4.78 is 45.6. The number of hydrogen-bond donors (Lipinski definition) is 1. The van der Waals surface area contributed by atoms with Gasteiger partial charge in [0.1, 0.15) is 12.3 Å². The van der Waals surface area contributed by atoms with Gasteiger partial charge in [0, 0.05) is 14.8 Å². The Labute approximate surface area is 212 Å². The first-order valence-corrected chi connectivity index (χ1v) is 11.7. The Hall–Kier alpha value is -1.81. The molecule has 0 aromatic heterocycles. The van der Waals surface area contributed by atoms with Gasteiger partial charge in [0.2, 0.25) is 5.91 Å². The van der Waals surface area contributed by atoms with E-state index in [1.54, 1.807) is 6.07 Å². The van der Waals surface area contributed by atoms with Crippen molar-refractivity contribution in [3.63, 3.8) is 0 Å². The lowest BCUT2D eigenvalue weighted by Crippen LogP contribution is -2.36. The Bertz CT molecular complexity index is 1140. The van der Waals surface area contributed by atoms with Crippen molar-refractivity contribution in [3.05, 3.63) is 59.6 Å². The summed E-state index contributed by atoms with van der Waals surface area (Å²) in [6, 6.07) is 7.76. The lowest BCUT2D eigenvalue weighted by Gasteiger charge is -2.13. The summed E-state index contributed by atoms with van der Waals surface area (Å²) in [5, 5.41) is 1.63. The summed E-state index contributed by atoms with van der Waals surface area (Å²) in [5.41, 5.74) is -0.418. The third-order valence-corrected chi connectivity index (χ3v) is 6.51. The normalized spacial score (nSPS) is 15.4. The van der Waals surface area contributed by atoms with E-state index in [2.05, 4.69) is 50.5 Å². The van der Waals surface area contributed by atoms with E-state index in [4.69, 9.17) is 4.74 Å². The SMILES string of the molecule is COc1c(I)cc(I)cc1/C=C1\SC(=O)N(CC(=O)Nc2cccc(C(F)(F)F)c2)C1=O. The molecule has 0 atom stereocenters. The molecule has 0 unspecified atom stereocenters. The number of benzene rings is 2. The number of amides is 3. The van der Waals surface area contributed by atoms with Gasteiger partial charge in [-0.2, -0.15) is 13.2 Å². The molecule has 6 nitrogen and oxygen atoms in total. The third-order valence-electron chi connectivity index (χ3n) is 4.18. The number of nitrogens with zero attached hydrogens (tertiary/aromatic N) is 1. The molecule has 3 amide bonds. The van der Waals surface area contributed by atoms with Crippen LogP contribution in [0.1, 0.15) is 11.1 Å². The standard InChI is InChI=1S/C20H13F3I2N2O4S/c1-31-17-10(5-12(24)8-14(17)25)6-15-18(29)27(19(30)32-15)9-16(28)26-13-4-2-3-11(7-13)20(21,22)23/h2-8H,9H2,1H3,(H,26,28)/b15-6-. The number of imide groups is 1. The first-order valence-electron chi connectivity index (χ1n) is 8.75. The number of carbonyl (C=O) groups excluding carboxylic acids is 3. The Balaban J connectivity index is 1.76. The van der Waals surface area contributed by atoms with Gasteiger partial charge in [0.25, 0.3) is 11.1 Å². The van der Waals surface area contributed by atoms with Gasteiger partial charge >= 0.3 is 6.18 Å². The number of rotatable bonds is 5. The smallest absolute Gasteiger partial charge is 0.416 e. The van der Waals surface area contributed by atoms with E-state index < -0.39 is 35.3 Å². The van der Waals surface area contributed by atoms with Crippen LogP contribution in [-0.2, 0) is 15.8 Å². The Kier molecular flexibility index (Phi) is 7.75. The first-order chi connectivity index (χ1) is 15.0. The van der Waals surface area contributed by atoms with Crippen LogP contribution in [0.4, 0.5) is 23.7 Å². The van der Waals surface area contributed by atoms with Gasteiger partial charge in [-0.3, -0.25) is 19.3 Å². The van der Waals surface area contributed by atoms with Crippen LogP contribution in [0.3, 0.4) is 0 Å². The van der Waals surface area contributed by atoms with Crippen molar-refractivity contribution in [2.24, 2.45) is 0 Å². The number of thioether (sulfide) groups is 1. The number of hydrogen-bond acceptors (Lipinski definition) is 5. The van der Waals surface area contributed by atoms with Crippen molar-refractivity contribution in [1.82, 2.24) is 4.90 Å². The van der Waals surface area contributed by atoms with Crippen LogP contribution in [0, 0.1) is 7.14 Å². The van der Waals surface area contributed by atoms with E-state index in [0.29, 0.717) is 23.1 Å². The molecule has 0 aliphatic carbocycles. The minimum absolute atomic E-state index is 0.0921. The minimum atomic E-state index is -4.56. The number of methoxy groups -OCH3 is 1. The van der Waals surface area contributed by atoms with Crippen LogP contribution in [0.25, 0.3) is 6.08 Å². The molecule has 0 spiro atoms. The molecule has 12 heteroatoms. The second-order valence-electron chi connectivity index (χ2n) is 6.40. The molecule has 32 heavy (non-hydrogen) atoms. The molecule has 1 N–H and O–H groups in total. The van der Waals surface area contributed by atoms with E-state index in [-0.39, 0.29) is 10.6 Å². The maximum absolute atomic E-state index is 12.8. The highest BCUT2D eigenvalue weighted by Gasteiger charge is 2.37. The van der Waals surface area contributed by atoms with Gasteiger partial charge in [-0.25, -0.2) is 0 Å². The van der Waals surface area contributed by atoms with Crippen molar-refractivity contribution in [2.45, 2.75) is 6.18 Å². The fourth-order valence-electron chi connectivity index (χ4n) is 2.80. The summed E-state index contributed by atoms with van der Waals surface area (Å²) in [7, 11) is 1.49. The van der Waals surface area contributed by atoms with Gasteiger partial charge < -0.3 is 10.1 Å². The van der Waals surface area contributed by atoms with E-state index >= 15 is 0 Å². The van der Waals surface area contributed by atoms with Crippen LogP contribution >= 0.6 is 56.9 Å². The zero-order valence-corrected chi connectivity index (χ0v) is 21.3. The minimum Gasteiger partial charge on any atom is -0.495 e. The number of halogens is 5. The average Bonchev–Trinajstić information content (AvgIpc) is 2.94. The van der Waals surface area contributed by atoms with Gasteiger partial charge in [-0.15, -0.1) is 0 Å². The number of anilines is 1. The maximum atomic E-state index is 12.8. The highest BCUT2D eigenvalue weighted by Crippen LogP contribution is 2.36. The summed E-state index contributed by atoms with van der Waals surface area (Å²) in [6.45, 7) is -0.626. The second-order valence-corrected chi connectivity index (χ2v) is 9.81. The molecule has 3 rings (SSSR count). The Morgan fingerprint density at radius 1 is 1.22 bits per heavy atom. The van der Waals surface area contributed by atoms with E-state index in [0.717, 1.165) is 30.2 Å². The predicted molar refractivity (Wildman–Crippen MR) is 131 cm³/mol. The van der Waals surface area contributed by atoms with Crippen LogP contribution in [0.15, 0.2) is 41.3 Å². The lowest BCUT2D eigenvalue weighted by atomic mass is 10.2. The summed E-state index contributed by atoms with van der Waals surface area (Å²) in [5.74, 6) is -0.926. The number of carbonyl (C=O) groups is 3. The fourth-order valence-corrected chi connectivity index (χ4v) is 5.74. The highest BCUT2D eigenvalue weighted by atomic mass is 127. The van der Waals surface area contributed by atoms with Crippen molar-refractivity contribution in [1.29, 1.82) is 0 Å². The van der Waals surface area contributed by atoms with Crippen molar-refractivity contribution < 1.29 is 32.3 Å². The van der Waals surface area contributed by atoms with Crippen molar-refractivity contribution >= 4 is 85.8 Å². The molecule has 1 fully saturated rings. The molecule has 1 heterocycles. The molecule has 2 aromatic carbocycles. The van der Waals surface area contributed by atoms with Gasteiger partial charge in [-0.05, 0) is 93.4 Å². The molecular weight excluding hydrogens is 675 g/mol. The van der Waals surface area contributed by atoms with Crippen LogP contribution < -0.4 is 10.1 Å². The van der Waals surface area contributed by atoms with Gasteiger partial charge in [0.15, 0.2) is 0 Å². The number of ether oxygens (including phenoxy) is 1. The quantitative estimate of drug-likeness (QED) is 0.328. The van der Waals surface area contributed by atoms with Gasteiger partial charge in [0.05, 0.1) is 21.1 Å². The zero-order chi connectivity index (χ0) is 23.6. The topological polar surface area (TPSA) is 75.7 Å². The number of alkyl halides is 3. The molecule has 2 aromatic rings. The lowest BCUT2D eigenvalue weighted by molar-refractivity contribution is -0.137. The summed E-state index contributed by atoms with van der Waals surface area (Å²) >= 11 is 4.88.